The maximum atomic E-state index is 11.9. The van der Waals surface area contributed by atoms with Gasteiger partial charge in [-0.1, -0.05) is 0 Å². The predicted molar refractivity (Wildman–Crippen MR) is 83.3 cm³/mol. The highest BCUT2D eigenvalue weighted by Crippen LogP contribution is 2.12. The zero-order valence-corrected chi connectivity index (χ0v) is 14.3. The zero-order valence-electron chi connectivity index (χ0n) is 14.3. The molecule has 1 aromatic heterocycles. The highest BCUT2D eigenvalue weighted by atomic mass is 16.6. The number of alkyl carbamates (subject to hydrolysis) is 1. The quantitative estimate of drug-likeness (QED) is 0.767. The highest BCUT2D eigenvalue weighted by Gasteiger charge is 2.22. The largest absolute Gasteiger partial charge is 0.461 e. The lowest BCUT2D eigenvalue weighted by atomic mass is 10.2. The molecular formula is C15H25N3O5. The number of amides is 1. The molecule has 0 saturated carbocycles. The number of methoxy groups -OCH3 is 1. The third kappa shape index (κ3) is 6.27. The van der Waals surface area contributed by atoms with Crippen LogP contribution in [0.2, 0.25) is 0 Å². The lowest BCUT2D eigenvalue weighted by molar-refractivity contribution is 0.0491. The number of carbonyl (C=O) groups excluding carboxylic acids is 2. The molecule has 1 heterocycles. The number of hydrogen-bond acceptors (Lipinski definition) is 6. The van der Waals surface area contributed by atoms with E-state index in [1.807, 2.05) is 0 Å². The average Bonchev–Trinajstić information content (AvgIpc) is 2.91. The fourth-order valence-corrected chi connectivity index (χ4v) is 1.90. The minimum Gasteiger partial charge on any atom is -0.461 e. The van der Waals surface area contributed by atoms with E-state index >= 15 is 0 Å². The summed E-state index contributed by atoms with van der Waals surface area (Å²) in [4.78, 5) is 23.7. The van der Waals surface area contributed by atoms with Crippen LogP contribution in [0.25, 0.3) is 0 Å². The molecular weight excluding hydrogens is 302 g/mol. The number of esters is 1. The fraction of sp³-hybridized carbons (Fsp3) is 0.667. The van der Waals surface area contributed by atoms with Gasteiger partial charge in [0.25, 0.3) is 0 Å². The van der Waals surface area contributed by atoms with Crippen molar-refractivity contribution in [1.82, 2.24) is 15.1 Å². The van der Waals surface area contributed by atoms with E-state index in [1.54, 1.807) is 33.8 Å². The number of carbonyl (C=O) groups is 2. The van der Waals surface area contributed by atoms with Crippen molar-refractivity contribution in [3.8, 4) is 0 Å². The number of hydrogen-bond donors (Lipinski definition) is 1. The molecule has 23 heavy (non-hydrogen) atoms. The number of ether oxygens (including phenoxy) is 3. The fourth-order valence-electron chi connectivity index (χ4n) is 1.90. The van der Waals surface area contributed by atoms with Crippen LogP contribution in [-0.4, -0.2) is 54.3 Å². The minimum atomic E-state index is -0.581. The van der Waals surface area contributed by atoms with Gasteiger partial charge in [-0.25, -0.2) is 9.59 Å². The standard InChI is InChI=1S/C15H25N3O5/c1-6-22-13(19)12-7-8-17-18(12)11(10-21-5)9-16-14(20)23-15(2,3)4/h7-8,11H,6,9-10H2,1-5H3,(H,16,20). The number of rotatable bonds is 7. The number of nitrogens with zero attached hydrogens (tertiary/aromatic N) is 2. The summed E-state index contributed by atoms with van der Waals surface area (Å²) in [6.07, 6.45) is 0.964. The summed E-state index contributed by atoms with van der Waals surface area (Å²) in [5.41, 5.74) is -0.275. The van der Waals surface area contributed by atoms with Crippen molar-refractivity contribution in [3.05, 3.63) is 18.0 Å². The topological polar surface area (TPSA) is 91.7 Å². The van der Waals surface area contributed by atoms with Crippen molar-refractivity contribution in [2.24, 2.45) is 0 Å². The number of aromatic nitrogens is 2. The van der Waals surface area contributed by atoms with Crippen LogP contribution in [0, 0.1) is 0 Å². The Labute approximate surface area is 136 Å². The maximum Gasteiger partial charge on any atom is 0.407 e. The van der Waals surface area contributed by atoms with Crippen LogP contribution in [-0.2, 0) is 14.2 Å². The Morgan fingerprint density at radius 3 is 2.65 bits per heavy atom. The second-order valence-electron chi connectivity index (χ2n) is 5.87. The Morgan fingerprint density at radius 1 is 1.39 bits per heavy atom. The SMILES string of the molecule is CCOC(=O)c1ccnn1C(CNC(=O)OC(C)(C)C)COC. The Morgan fingerprint density at radius 2 is 2.09 bits per heavy atom. The summed E-state index contributed by atoms with van der Waals surface area (Å²) in [6.45, 7) is 7.83. The van der Waals surface area contributed by atoms with Crippen LogP contribution < -0.4 is 5.32 Å². The van der Waals surface area contributed by atoms with Crippen molar-refractivity contribution in [2.75, 3.05) is 26.9 Å². The molecule has 0 saturated heterocycles. The van der Waals surface area contributed by atoms with Crippen LogP contribution in [0.3, 0.4) is 0 Å². The molecule has 1 aromatic rings. The highest BCUT2D eigenvalue weighted by molar-refractivity contribution is 5.87. The first-order valence-electron chi connectivity index (χ1n) is 7.45. The molecule has 0 aromatic carbocycles. The molecule has 0 aliphatic carbocycles. The van der Waals surface area contributed by atoms with Gasteiger partial charge >= 0.3 is 12.1 Å². The van der Waals surface area contributed by atoms with E-state index in [-0.39, 0.29) is 25.8 Å². The molecule has 1 rings (SSSR count). The molecule has 0 spiro atoms. The normalized spacial score (nSPS) is 12.6. The van der Waals surface area contributed by atoms with Crippen molar-refractivity contribution in [3.63, 3.8) is 0 Å². The molecule has 1 amide bonds. The van der Waals surface area contributed by atoms with Gasteiger partial charge in [0, 0.05) is 19.9 Å². The van der Waals surface area contributed by atoms with Crippen LogP contribution >= 0.6 is 0 Å². The van der Waals surface area contributed by atoms with Gasteiger partial charge in [0.05, 0.1) is 19.3 Å². The summed E-state index contributed by atoms with van der Waals surface area (Å²) in [7, 11) is 1.54. The molecule has 0 fully saturated rings. The molecule has 1 N–H and O–H groups in total. The van der Waals surface area contributed by atoms with E-state index < -0.39 is 17.7 Å². The summed E-state index contributed by atoms with van der Waals surface area (Å²) in [6, 6.07) is 1.20. The van der Waals surface area contributed by atoms with Gasteiger partial charge in [-0.05, 0) is 33.8 Å². The van der Waals surface area contributed by atoms with E-state index in [2.05, 4.69) is 10.4 Å². The van der Waals surface area contributed by atoms with Crippen LogP contribution in [0.4, 0.5) is 4.79 Å². The van der Waals surface area contributed by atoms with E-state index in [4.69, 9.17) is 14.2 Å². The van der Waals surface area contributed by atoms with Crippen molar-refractivity contribution in [1.29, 1.82) is 0 Å². The van der Waals surface area contributed by atoms with Gasteiger partial charge in [0.15, 0.2) is 0 Å². The van der Waals surface area contributed by atoms with Crippen LogP contribution in [0.5, 0.6) is 0 Å². The lowest BCUT2D eigenvalue weighted by Crippen LogP contribution is -2.38. The average molecular weight is 327 g/mol. The van der Waals surface area contributed by atoms with Crippen molar-refractivity contribution < 1.29 is 23.8 Å². The maximum absolute atomic E-state index is 11.9. The summed E-state index contributed by atoms with van der Waals surface area (Å²) in [5, 5.41) is 6.79. The van der Waals surface area contributed by atoms with E-state index in [1.165, 1.54) is 18.0 Å². The van der Waals surface area contributed by atoms with Gasteiger partial charge in [-0.15, -0.1) is 0 Å². The Hall–Kier alpha value is -2.09. The van der Waals surface area contributed by atoms with E-state index in [0.717, 1.165) is 0 Å². The monoisotopic (exact) mass is 327 g/mol. The van der Waals surface area contributed by atoms with Gasteiger partial charge < -0.3 is 19.5 Å². The van der Waals surface area contributed by atoms with Gasteiger partial charge in [-0.2, -0.15) is 5.10 Å². The van der Waals surface area contributed by atoms with Crippen LogP contribution in [0.1, 0.15) is 44.2 Å². The Kier molecular flexibility index (Phi) is 7.02. The number of nitrogens with one attached hydrogen (secondary N) is 1. The molecule has 8 heteroatoms. The molecule has 0 aliphatic heterocycles. The molecule has 0 radical (unpaired) electrons. The van der Waals surface area contributed by atoms with Gasteiger partial charge in [0.2, 0.25) is 0 Å². The molecule has 0 aliphatic rings. The third-order valence-corrected chi connectivity index (χ3v) is 2.74. The first kappa shape index (κ1) is 19.0. The Bertz CT molecular complexity index is 521. The smallest absolute Gasteiger partial charge is 0.407 e. The molecule has 1 atom stereocenters. The lowest BCUT2D eigenvalue weighted by Gasteiger charge is -2.22. The zero-order chi connectivity index (χ0) is 17.5. The first-order valence-corrected chi connectivity index (χ1v) is 7.45. The predicted octanol–water partition coefficient (Wildman–Crippen LogP) is 1.77. The first-order chi connectivity index (χ1) is 10.8. The van der Waals surface area contributed by atoms with Gasteiger partial charge in [0.1, 0.15) is 11.3 Å². The second-order valence-corrected chi connectivity index (χ2v) is 5.87. The summed E-state index contributed by atoms with van der Waals surface area (Å²) < 4.78 is 16.8. The van der Waals surface area contributed by atoms with Crippen molar-refractivity contribution >= 4 is 12.1 Å². The van der Waals surface area contributed by atoms with Crippen LogP contribution in [0.15, 0.2) is 12.3 Å². The summed E-state index contributed by atoms with van der Waals surface area (Å²) in [5.74, 6) is -0.469. The molecule has 130 valence electrons. The second kappa shape index (κ2) is 8.52. The van der Waals surface area contributed by atoms with E-state index in [9.17, 15) is 9.59 Å². The van der Waals surface area contributed by atoms with E-state index in [0.29, 0.717) is 5.69 Å². The van der Waals surface area contributed by atoms with Crippen molar-refractivity contribution in [2.45, 2.75) is 39.3 Å². The third-order valence-electron chi connectivity index (χ3n) is 2.74. The molecule has 8 nitrogen and oxygen atoms in total. The Balaban J connectivity index is 2.77. The molecule has 1 unspecified atom stereocenters. The minimum absolute atomic E-state index is 0.205. The molecule has 0 bridgehead atoms. The van der Waals surface area contributed by atoms with Gasteiger partial charge in [-0.3, -0.25) is 4.68 Å². The summed E-state index contributed by atoms with van der Waals surface area (Å²) >= 11 is 0.